The molecule has 5 nitrogen and oxygen atoms in total. The Kier molecular flexibility index (Phi) is 5.76. The molecule has 138 valence electrons. The van der Waals surface area contributed by atoms with Gasteiger partial charge in [-0.3, -0.25) is 19.3 Å². The van der Waals surface area contributed by atoms with E-state index in [-0.39, 0.29) is 6.54 Å². The minimum atomic E-state index is -0.443. The summed E-state index contributed by atoms with van der Waals surface area (Å²) in [5.41, 5.74) is 3.76. The number of carbonyl (C=O) groups is 3. The second-order valence-electron chi connectivity index (χ2n) is 6.28. The largest absolute Gasteiger partial charge is 0.325 e. The van der Waals surface area contributed by atoms with Crippen LogP contribution < -0.4 is 5.32 Å². The normalized spacial score (nSPS) is 15.5. The quantitative estimate of drug-likeness (QED) is 0.788. The Morgan fingerprint density at radius 3 is 2.37 bits per heavy atom. The number of amides is 3. The number of carbonyl (C=O) groups excluding carboxylic acids is 3. The van der Waals surface area contributed by atoms with Gasteiger partial charge >= 0.3 is 0 Å². The monoisotopic (exact) mass is 380 g/mol. The molecule has 6 heteroatoms. The molecule has 0 radical (unpaired) electrons. The van der Waals surface area contributed by atoms with E-state index in [1.807, 2.05) is 55.5 Å². The van der Waals surface area contributed by atoms with E-state index in [9.17, 15) is 14.4 Å². The van der Waals surface area contributed by atoms with Gasteiger partial charge in [-0.25, -0.2) is 0 Å². The molecule has 0 aliphatic carbocycles. The van der Waals surface area contributed by atoms with Crippen molar-refractivity contribution in [3.8, 4) is 0 Å². The van der Waals surface area contributed by atoms with E-state index >= 15 is 0 Å². The molecule has 3 amide bonds. The van der Waals surface area contributed by atoms with Crippen molar-refractivity contribution in [2.45, 2.75) is 20.3 Å². The summed E-state index contributed by atoms with van der Waals surface area (Å²) in [6.45, 7) is 3.73. The molecule has 3 rings (SSSR count). The van der Waals surface area contributed by atoms with Crippen molar-refractivity contribution >= 4 is 40.6 Å². The second-order valence-corrected chi connectivity index (χ2v) is 7.27. The zero-order chi connectivity index (χ0) is 19.4. The fourth-order valence-electron chi connectivity index (χ4n) is 2.62. The van der Waals surface area contributed by atoms with Gasteiger partial charge in [-0.05, 0) is 54.4 Å². The summed E-state index contributed by atoms with van der Waals surface area (Å²) in [6, 6.07) is 15.1. The van der Waals surface area contributed by atoms with Crippen molar-refractivity contribution in [2.24, 2.45) is 0 Å². The van der Waals surface area contributed by atoms with E-state index in [2.05, 4.69) is 12.2 Å². The van der Waals surface area contributed by atoms with Crippen LogP contribution >= 0.6 is 11.8 Å². The number of nitrogens with zero attached hydrogens (tertiary/aromatic N) is 1. The highest BCUT2D eigenvalue weighted by Crippen LogP contribution is 2.32. The summed E-state index contributed by atoms with van der Waals surface area (Å²) < 4.78 is 0. The predicted molar refractivity (Wildman–Crippen MR) is 108 cm³/mol. The van der Waals surface area contributed by atoms with Gasteiger partial charge in [-0.15, -0.1) is 0 Å². The Morgan fingerprint density at radius 1 is 1.07 bits per heavy atom. The highest BCUT2D eigenvalue weighted by Gasteiger charge is 2.36. The molecule has 0 unspecified atom stereocenters. The van der Waals surface area contributed by atoms with Gasteiger partial charge in [-0.2, -0.15) is 0 Å². The second kappa shape index (κ2) is 8.22. The van der Waals surface area contributed by atoms with Gasteiger partial charge in [0.1, 0.15) is 6.54 Å². The molecular weight excluding hydrogens is 360 g/mol. The Morgan fingerprint density at radius 2 is 1.74 bits per heavy atom. The van der Waals surface area contributed by atoms with Crippen LogP contribution in [0.2, 0.25) is 0 Å². The molecule has 0 aromatic heterocycles. The maximum absolute atomic E-state index is 12.5. The van der Waals surface area contributed by atoms with Crippen LogP contribution in [0.5, 0.6) is 0 Å². The third-order valence-corrected chi connectivity index (χ3v) is 5.10. The Hall–Kier alpha value is -2.86. The molecule has 0 spiro atoms. The van der Waals surface area contributed by atoms with Crippen LogP contribution in [0.15, 0.2) is 53.4 Å². The first-order valence-electron chi connectivity index (χ1n) is 8.67. The van der Waals surface area contributed by atoms with Crippen molar-refractivity contribution in [2.75, 3.05) is 11.9 Å². The number of thioether (sulfide) groups is 1. The van der Waals surface area contributed by atoms with Crippen LogP contribution in [0.1, 0.15) is 23.6 Å². The summed E-state index contributed by atoms with van der Waals surface area (Å²) >= 11 is 0.853. The molecule has 1 heterocycles. The Bertz CT molecular complexity index is 902. The van der Waals surface area contributed by atoms with E-state index in [1.54, 1.807) is 6.08 Å². The van der Waals surface area contributed by atoms with Gasteiger partial charge in [0.25, 0.3) is 11.1 Å². The predicted octanol–water partition coefficient (Wildman–Crippen LogP) is 4.23. The lowest BCUT2D eigenvalue weighted by Gasteiger charge is -2.12. The number of anilines is 1. The average Bonchev–Trinajstić information content (AvgIpc) is 2.91. The van der Waals surface area contributed by atoms with Crippen molar-refractivity contribution < 1.29 is 14.4 Å². The van der Waals surface area contributed by atoms with E-state index in [0.717, 1.165) is 34.2 Å². The Balaban J connectivity index is 1.65. The summed E-state index contributed by atoms with van der Waals surface area (Å²) in [7, 11) is 0. The van der Waals surface area contributed by atoms with E-state index < -0.39 is 17.1 Å². The van der Waals surface area contributed by atoms with E-state index in [1.165, 1.54) is 5.56 Å². The number of benzene rings is 2. The third-order valence-electron chi connectivity index (χ3n) is 4.20. The lowest BCUT2D eigenvalue weighted by Crippen LogP contribution is -2.36. The van der Waals surface area contributed by atoms with E-state index in [0.29, 0.717) is 10.6 Å². The molecule has 0 saturated carbocycles. The number of nitrogens with one attached hydrogen (secondary N) is 1. The average molecular weight is 380 g/mol. The van der Waals surface area contributed by atoms with Gasteiger partial charge < -0.3 is 5.32 Å². The summed E-state index contributed by atoms with van der Waals surface area (Å²) in [5, 5.41) is 2.28. The van der Waals surface area contributed by atoms with Crippen LogP contribution in [-0.4, -0.2) is 28.5 Å². The molecule has 2 aromatic rings. The lowest BCUT2D eigenvalue weighted by atomic mass is 10.1. The van der Waals surface area contributed by atoms with Gasteiger partial charge in [0.2, 0.25) is 5.91 Å². The molecule has 27 heavy (non-hydrogen) atoms. The van der Waals surface area contributed by atoms with Crippen molar-refractivity contribution in [3.05, 3.63) is 70.1 Å². The standard InChI is InChI=1S/C21H20N2O3S/c1-3-15-8-10-17(11-9-15)22-19(24)13-23-20(25)18(27-21(23)26)12-16-6-4-14(2)5-7-16/h4-12H,3,13H2,1-2H3,(H,22,24)/b18-12+. The summed E-state index contributed by atoms with van der Waals surface area (Å²) in [5.74, 6) is -0.847. The molecule has 0 atom stereocenters. The SMILES string of the molecule is CCc1ccc(NC(=O)CN2C(=O)S/C(=C/c3ccc(C)cc3)C2=O)cc1. The minimum Gasteiger partial charge on any atom is -0.325 e. The number of hydrogen-bond acceptors (Lipinski definition) is 4. The van der Waals surface area contributed by atoms with Crippen LogP contribution in [0, 0.1) is 6.92 Å². The fourth-order valence-corrected chi connectivity index (χ4v) is 3.46. The van der Waals surface area contributed by atoms with Gasteiger partial charge in [-0.1, -0.05) is 48.9 Å². The molecule has 1 saturated heterocycles. The minimum absolute atomic E-state index is 0.300. The summed E-state index contributed by atoms with van der Waals surface area (Å²) in [6.07, 6.45) is 2.59. The number of aryl methyl sites for hydroxylation is 2. The first-order valence-corrected chi connectivity index (χ1v) is 9.48. The molecular formula is C21H20N2O3S. The van der Waals surface area contributed by atoms with Crippen molar-refractivity contribution in [1.29, 1.82) is 0 Å². The summed E-state index contributed by atoms with van der Waals surface area (Å²) in [4.78, 5) is 38.2. The highest BCUT2D eigenvalue weighted by atomic mass is 32.2. The van der Waals surface area contributed by atoms with E-state index in [4.69, 9.17) is 0 Å². The maximum Gasteiger partial charge on any atom is 0.294 e. The molecule has 1 fully saturated rings. The number of hydrogen-bond donors (Lipinski definition) is 1. The molecule has 1 aliphatic rings. The smallest absolute Gasteiger partial charge is 0.294 e. The van der Waals surface area contributed by atoms with Gasteiger partial charge in [0, 0.05) is 5.69 Å². The zero-order valence-electron chi connectivity index (χ0n) is 15.2. The first kappa shape index (κ1) is 18.9. The fraction of sp³-hybridized carbons (Fsp3) is 0.190. The van der Waals surface area contributed by atoms with Crippen molar-refractivity contribution in [3.63, 3.8) is 0 Å². The van der Waals surface area contributed by atoms with Gasteiger partial charge in [0.15, 0.2) is 0 Å². The topological polar surface area (TPSA) is 66.5 Å². The molecule has 1 N–H and O–H groups in total. The number of imide groups is 1. The number of rotatable bonds is 5. The van der Waals surface area contributed by atoms with Crippen molar-refractivity contribution in [1.82, 2.24) is 4.90 Å². The van der Waals surface area contributed by atoms with Gasteiger partial charge in [0.05, 0.1) is 4.91 Å². The van der Waals surface area contributed by atoms with Crippen LogP contribution in [-0.2, 0) is 16.0 Å². The lowest BCUT2D eigenvalue weighted by molar-refractivity contribution is -0.127. The zero-order valence-corrected chi connectivity index (χ0v) is 16.0. The highest BCUT2D eigenvalue weighted by molar-refractivity contribution is 8.18. The molecule has 0 bridgehead atoms. The molecule has 2 aromatic carbocycles. The Labute approximate surface area is 162 Å². The third kappa shape index (κ3) is 4.65. The first-order chi connectivity index (χ1) is 13.0. The van der Waals surface area contributed by atoms with Crippen LogP contribution in [0.3, 0.4) is 0 Å². The maximum atomic E-state index is 12.5. The van der Waals surface area contributed by atoms with Crippen LogP contribution in [0.25, 0.3) is 6.08 Å². The molecule has 1 aliphatic heterocycles. The van der Waals surface area contributed by atoms with Crippen LogP contribution in [0.4, 0.5) is 10.5 Å².